The molecule has 2 rings (SSSR count). The zero-order valence-corrected chi connectivity index (χ0v) is 7.26. The summed E-state index contributed by atoms with van der Waals surface area (Å²) in [6.45, 7) is 0. The molecule has 0 spiro atoms. The minimum atomic E-state index is -4.39. The van der Waals surface area contributed by atoms with Crippen LogP contribution < -0.4 is 0 Å². The van der Waals surface area contributed by atoms with Gasteiger partial charge in [-0.05, 0) is 18.2 Å². The molecule has 3 nitrogen and oxygen atoms in total. The number of aromatic amines is 1. The number of hydrogen-bond acceptors (Lipinski definition) is 2. The number of halogens is 3. The van der Waals surface area contributed by atoms with E-state index in [0.717, 1.165) is 12.1 Å². The lowest BCUT2D eigenvalue weighted by atomic mass is 10.2. The first-order valence-corrected chi connectivity index (χ1v) is 3.98. The molecule has 0 aliphatic carbocycles. The van der Waals surface area contributed by atoms with Crippen molar-refractivity contribution in [1.29, 1.82) is 5.26 Å². The van der Waals surface area contributed by atoms with E-state index in [1.807, 2.05) is 0 Å². The zero-order valence-electron chi connectivity index (χ0n) is 7.26. The van der Waals surface area contributed by atoms with E-state index in [2.05, 4.69) is 9.97 Å². The van der Waals surface area contributed by atoms with Crippen molar-refractivity contribution in [2.45, 2.75) is 6.18 Å². The summed E-state index contributed by atoms with van der Waals surface area (Å²) in [6.07, 6.45) is -4.39. The first-order chi connectivity index (χ1) is 7.00. The van der Waals surface area contributed by atoms with Crippen molar-refractivity contribution in [2.24, 2.45) is 0 Å². The van der Waals surface area contributed by atoms with E-state index in [1.165, 1.54) is 6.07 Å². The number of fused-ring (bicyclic) bond motifs is 1. The molecule has 6 heteroatoms. The largest absolute Gasteiger partial charge is 0.416 e. The molecule has 15 heavy (non-hydrogen) atoms. The Hall–Kier alpha value is -2.03. The Morgan fingerprint density at radius 1 is 1.33 bits per heavy atom. The monoisotopic (exact) mass is 211 g/mol. The molecular weight excluding hydrogens is 207 g/mol. The average Bonchev–Trinajstić information content (AvgIpc) is 2.57. The molecule has 0 amide bonds. The first-order valence-electron chi connectivity index (χ1n) is 3.98. The lowest BCUT2D eigenvalue weighted by molar-refractivity contribution is -0.137. The van der Waals surface area contributed by atoms with Gasteiger partial charge in [-0.3, -0.25) is 0 Å². The molecule has 0 aliphatic rings. The number of H-pyrrole nitrogens is 1. The third-order valence-electron chi connectivity index (χ3n) is 1.92. The standard InChI is InChI=1S/C9H4F3N3/c10-9(11,12)5-1-2-6-7(3-5)15-8(4-13)14-6/h1-3H,(H,14,15). The van der Waals surface area contributed by atoms with Crippen LogP contribution in [0.15, 0.2) is 18.2 Å². The van der Waals surface area contributed by atoms with E-state index in [0.29, 0.717) is 5.52 Å². The quantitative estimate of drug-likeness (QED) is 0.727. The molecule has 0 atom stereocenters. The highest BCUT2D eigenvalue weighted by atomic mass is 19.4. The van der Waals surface area contributed by atoms with E-state index in [9.17, 15) is 13.2 Å². The second-order valence-electron chi connectivity index (χ2n) is 2.93. The van der Waals surface area contributed by atoms with Gasteiger partial charge in [-0.1, -0.05) is 0 Å². The van der Waals surface area contributed by atoms with Crippen LogP contribution in [0.1, 0.15) is 11.4 Å². The molecule has 0 aliphatic heterocycles. The molecule has 0 bridgehead atoms. The van der Waals surface area contributed by atoms with Gasteiger partial charge in [0.2, 0.25) is 5.82 Å². The number of imidazole rings is 1. The van der Waals surface area contributed by atoms with Crippen LogP contribution in [0.25, 0.3) is 11.0 Å². The highest BCUT2D eigenvalue weighted by Gasteiger charge is 2.30. The Balaban J connectivity index is 2.62. The number of nitrogens with zero attached hydrogens (tertiary/aromatic N) is 2. The molecular formula is C9H4F3N3. The number of nitriles is 1. The van der Waals surface area contributed by atoms with Crippen molar-refractivity contribution < 1.29 is 13.2 Å². The molecule has 76 valence electrons. The summed E-state index contributed by atoms with van der Waals surface area (Å²) in [7, 11) is 0. The van der Waals surface area contributed by atoms with E-state index < -0.39 is 11.7 Å². The summed E-state index contributed by atoms with van der Waals surface area (Å²) in [5.41, 5.74) is -0.216. The smallest absolute Gasteiger partial charge is 0.329 e. The van der Waals surface area contributed by atoms with Gasteiger partial charge in [0.15, 0.2) is 0 Å². The lowest BCUT2D eigenvalue weighted by Gasteiger charge is -2.04. The van der Waals surface area contributed by atoms with Crippen molar-refractivity contribution in [3.63, 3.8) is 0 Å². The van der Waals surface area contributed by atoms with Gasteiger partial charge >= 0.3 is 6.18 Å². The van der Waals surface area contributed by atoms with E-state index >= 15 is 0 Å². The maximum Gasteiger partial charge on any atom is 0.416 e. The second kappa shape index (κ2) is 2.98. The molecule has 1 heterocycles. The Kier molecular flexibility index (Phi) is 1.89. The number of nitrogens with one attached hydrogen (secondary N) is 1. The highest BCUT2D eigenvalue weighted by Crippen LogP contribution is 2.30. The normalized spacial score (nSPS) is 11.6. The van der Waals surface area contributed by atoms with Gasteiger partial charge < -0.3 is 4.98 Å². The van der Waals surface area contributed by atoms with E-state index in [4.69, 9.17) is 5.26 Å². The molecule has 1 N–H and O–H groups in total. The number of aromatic nitrogens is 2. The summed E-state index contributed by atoms with van der Waals surface area (Å²) >= 11 is 0. The third kappa shape index (κ3) is 1.64. The Morgan fingerprint density at radius 3 is 2.67 bits per heavy atom. The van der Waals surface area contributed by atoms with Crippen LogP contribution in [0.5, 0.6) is 0 Å². The van der Waals surface area contributed by atoms with Gasteiger partial charge in [0.1, 0.15) is 6.07 Å². The Bertz CT molecular complexity index is 548. The van der Waals surface area contributed by atoms with Crippen molar-refractivity contribution in [2.75, 3.05) is 0 Å². The number of benzene rings is 1. The van der Waals surface area contributed by atoms with Crippen LogP contribution in [0.4, 0.5) is 13.2 Å². The molecule has 1 aromatic heterocycles. The number of rotatable bonds is 0. The van der Waals surface area contributed by atoms with Crippen LogP contribution in [0.3, 0.4) is 0 Å². The third-order valence-corrected chi connectivity index (χ3v) is 1.92. The van der Waals surface area contributed by atoms with Gasteiger partial charge in [0, 0.05) is 0 Å². The van der Waals surface area contributed by atoms with Crippen LogP contribution in [0.2, 0.25) is 0 Å². The molecule has 0 unspecified atom stereocenters. The fourth-order valence-corrected chi connectivity index (χ4v) is 1.24. The van der Waals surface area contributed by atoms with Gasteiger partial charge in [-0.15, -0.1) is 0 Å². The lowest BCUT2D eigenvalue weighted by Crippen LogP contribution is -2.04. The van der Waals surface area contributed by atoms with Gasteiger partial charge in [-0.25, -0.2) is 4.98 Å². The van der Waals surface area contributed by atoms with Crippen molar-refractivity contribution in [3.05, 3.63) is 29.6 Å². The van der Waals surface area contributed by atoms with Crippen LogP contribution in [0, 0.1) is 11.3 Å². The summed E-state index contributed by atoms with van der Waals surface area (Å²) < 4.78 is 36.9. The van der Waals surface area contributed by atoms with Gasteiger partial charge in [0.25, 0.3) is 0 Å². The molecule has 0 fully saturated rings. The summed E-state index contributed by atoms with van der Waals surface area (Å²) in [5, 5.41) is 8.50. The van der Waals surface area contributed by atoms with Crippen molar-refractivity contribution in [3.8, 4) is 6.07 Å². The van der Waals surface area contributed by atoms with Gasteiger partial charge in [0.05, 0.1) is 16.6 Å². The molecule has 0 saturated carbocycles. The van der Waals surface area contributed by atoms with Crippen molar-refractivity contribution >= 4 is 11.0 Å². The molecule has 1 aromatic carbocycles. The fourth-order valence-electron chi connectivity index (χ4n) is 1.24. The highest BCUT2D eigenvalue weighted by molar-refractivity contribution is 5.76. The molecule has 2 aromatic rings. The number of hydrogen-bond donors (Lipinski definition) is 1. The minimum Gasteiger partial charge on any atom is -0.329 e. The maximum atomic E-state index is 12.3. The SMILES string of the molecule is N#Cc1nc2cc(C(F)(F)F)ccc2[nH]1. The minimum absolute atomic E-state index is 0.00400. The fraction of sp³-hybridized carbons (Fsp3) is 0.111. The van der Waals surface area contributed by atoms with E-state index in [1.54, 1.807) is 6.07 Å². The predicted molar refractivity (Wildman–Crippen MR) is 45.8 cm³/mol. The Morgan fingerprint density at radius 2 is 2.07 bits per heavy atom. The van der Waals surface area contributed by atoms with Crippen molar-refractivity contribution in [1.82, 2.24) is 9.97 Å². The zero-order chi connectivity index (χ0) is 11.1. The predicted octanol–water partition coefficient (Wildman–Crippen LogP) is 2.45. The van der Waals surface area contributed by atoms with Crippen LogP contribution >= 0.6 is 0 Å². The Labute approximate surface area is 82.2 Å². The van der Waals surface area contributed by atoms with E-state index in [-0.39, 0.29) is 11.3 Å². The maximum absolute atomic E-state index is 12.3. The second-order valence-corrected chi connectivity index (χ2v) is 2.93. The van der Waals surface area contributed by atoms with Crippen LogP contribution in [-0.4, -0.2) is 9.97 Å². The molecule has 0 saturated heterocycles. The first kappa shape index (κ1) is 9.52. The average molecular weight is 211 g/mol. The summed E-state index contributed by atoms with van der Waals surface area (Å²) in [5.74, 6) is 0.00400. The summed E-state index contributed by atoms with van der Waals surface area (Å²) in [4.78, 5) is 6.27. The number of alkyl halides is 3. The van der Waals surface area contributed by atoms with Crippen LogP contribution in [-0.2, 0) is 6.18 Å². The summed E-state index contributed by atoms with van der Waals surface area (Å²) in [6, 6.07) is 4.84. The topological polar surface area (TPSA) is 52.5 Å². The van der Waals surface area contributed by atoms with Gasteiger partial charge in [-0.2, -0.15) is 18.4 Å². The molecule has 0 radical (unpaired) electrons.